The smallest absolute Gasteiger partial charge is 0.462 e. The Balaban J connectivity index is 5.26. The Morgan fingerprint density at radius 2 is 0.558 bits per heavy atom. The lowest BCUT2D eigenvalue weighted by Gasteiger charge is -2.21. The average molecular weight is 1270 g/mol. The van der Waals surface area contributed by atoms with Crippen molar-refractivity contribution < 1.29 is 80.2 Å². The van der Waals surface area contributed by atoms with E-state index >= 15 is 0 Å². The molecule has 0 rings (SSSR count). The third-order valence-electron chi connectivity index (χ3n) is 16.2. The lowest BCUT2D eigenvalue weighted by molar-refractivity contribution is -0.161. The highest BCUT2D eigenvalue weighted by molar-refractivity contribution is 7.47. The highest BCUT2D eigenvalue weighted by atomic mass is 31.2. The van der Waals surface area contributed by atoms with E-state index in [4.69, 9.17) is 37.0 Å². The average Bonchev–Trinajstić information content (AvgIpc) is 3.66. The van der Waals surface area contributed by atoms with Gasteiger partial charge >= 0.3 is 39.5 Å². The van der Waals surface area contributed by atoms with Crippen LogP contribution in [-0.4, -0.2) is 96.7 Å². The number of aliphatic hydroxyl groups excluding tert-OH is 1. The highest BCUT2D eigenvalue weighted by Gasteiger charge is 2.30. The summed E-state index contributed by atoms with van der Waals surface area (Å²) in [5, 5.41) is 10.6. The third-order valence-corrected chi connectivity index (χ3v) is 18.1. The normalized spacial score (nSPS) is 14.8. The molecule has 510 valence electrons. The van der Waals surface area contributed by atoms with Gasteiger partial charge in [-0.3, -0.25) is 37.3 Å². The molecule has 86 heavy (non-hydrogen) atoms. The maximum atomic E-state index is 13.0. The van der Waals surface area contributed by atoms with Gasteiger partial charge in [0.15, 0.2) is 12.2 Å². The van der Waals surface area contributed by atoms with Crippen LogP contribution in [0.15, 0.2) is 0 Å². The predicted octanol–water partition coefficient (Wildman–Crippen LogP) is 18.8. The molecule has 19 heteroatoms. The fraction of sp³-hybridized carbons (Fsp3) is 0.940. The molecule has 4 unspecified atom stereocenters. The van der Waals surface area contributed by atoms with E-state index in [0.717, 1.165) is 102 Å². The second kappa shape index (κ2) is 59.4. The number of phosphoric ester groups is 2. The van der Waals surface area contributed by atoms with Crippen LogP contribution < -0.4 is 0 Å². The monoisotopic (exact) mass is 1270 g/mol. The van der Waals surface area contributed by atoms with Gasteiger partial charge in [-0.1, -0.05) is 286 Å². The van der Waals surface area contributed by atoms with Gasteiger partial charge in [0.05, 0.1) is 26.4 Å². The van der Waals surface area contributed by atoms with Gasteiger partial charge in [0.2, 0.25) is 0 Å². The number of rotatable bonds is 66. The molecule has 0 fully saturated rings. The van der Waals surface area contributed by atoms with E-state index in [2.05, 4.69) is 41.5 Å². The van der Waals surface area contributed by atoms with Gasteiger partial charge in [-0.15, -0.1) is 0 Å². The van der Waals surface area contributed by atoms with Gasteiger partial charge in [-0.25, -0.2) is 9.13 Å². The molecule has 0 aromatic heterocycles. The summed E-state index contributed by atoms with van der Waals surface area (Å²) in [6.45, 7) is 9.52. The topological polar surface area (TPSA) is 237 Å². The lowest BCUT2D eigenvalue weighted by Crippen LogP contribution is -2.30. The standard InChI is InChI=1S/C67H130O17P2/c1-7-11-13-15-17-19-21-23-31-37-43-49-64(69)77-55-62(83-66(71)51-45-39-33-24-22-20-18-16-14-12-8-2)57-81-85(73,74)79-53-61(68)54-80-86(75,76)82-58-63(84-67(72)52-46-40-34-28-26-30-36-42-48-60(6)10-4)56-78-65(70)50-44-38-32-27-25-29-35-41-47-59(5)9-3/h59-63,68H,7-58H2,1-6H3,(H,73,74)(H,75,76)/t59?,60?,61-,62+,63+/m0/s1. The first kappa shape index (κ1) is 84.1. The van der Waals surface area contributed by atoms with Gasteiger partial charge in [0.25, 0.3) is 0 Å². The molecule has 0 aromatic rings. The number of carbonyl (C=O) groups is 4. The van der Waals surface area contributed by atoms with Crippen molar-refractivity contribution in [2.75, 3.05) is 39.6 Å². The minimum atomic E-state index is -4.95. The van der Waals surface area contributed by atoms with Crippen LogP contribution in [0.1, 0.15) is 337 Å². The molecule has 17 nitrogen and oxygen atoms in total. The van der Waals surface area contributed by atoms with E-state index in [-0.39, 0.29) is 25.7 Å². The lowest BCUT2D eigenvalue weighted by atomic mass is 9.99. The summed E-state index contributed by atoms with van der Waals surface area (Å²) >= 11 is 0. The number of aliphatic hydroxyl groups is 1. The second-order valence-electron chi connectivity index (χ2n) is 24.7. The van der Waals surface area contributed by atoms with Crippen LogP contribution in [0, 0.1) is 11.8 Å². The highest BCUT2D eigenvalue weighted by Crippen LogP contribution is 2.45. The molecular weight excluding hydrogens is 1140 g/mol. The Morgan fingerprint density at radius 3 is 0.826 bits per heavy atom. The van der Waals surface area contributed by atoms with Crippen molar-refractivity contribution in [3.63, 3.8) is 0 Å². The fourth-order valence-corrected chi connectivity index (χ4v) is 11.6. The van der Waals surface area contributed by atoms with Crippen molar-refractivity contribution in [2.45, 2.75) is 355 Å². The molecule has 0 aliphatic carbocycles. The first-order chi connectivity index (χ1) is 41.4. The molecule has 0 amide bonds. The fourth-order valence-electron chi connectivity index (χ4n) is 10.00. The molecule has 0 bridgehead atoms. The van der Waals surface area contributed by atoms with Gasteiger partial charge in [0, 0.05) is 25.7 Å². The number of carbonyl (C=O) groups excluding carboxylic acids is 4. The van der Waals surface area contributed by atoms with Crippen molar-refractivity contribution in [1.29, 1.82) is 0 Å². The number of phosphoric acid groups is 2. The minimum Gasteiger partial charge on any atom is -0.462 e. The summed E-state index contributed by atoms with van der Waals surface area (Å²) in [7, 11) is -9.89. The van der Waals surface area contributed by atoms with Gasteiger partial charge < -0.3 is 33.8 Å². The van der Waals surface area contributed by atoms with Crippen molar-refractivity contribution in [3.05, 3.63) is 0 Å². The molecular formula is C67H130O17P2. The first-order valence-corrected chi connectivity index (χ1v) is 38.1. The van der Waals surface area contributed by atoms with E-state index in [1.807, 2.05) is 0 Å². The Bertz CT molecular complexity index is 1690. The molecule has 0 heterocycles. The summed E-state index contributed by atoms with van der Waals surface area (Å²) < 4.78 is 68.2. The molecule has 0 aliphatic heterocycles. The largest absolute Gasteiger partial charge is 0.472 e. The van der Waals surface area contributed by atoms with Crippen molar-refractivity contribution in [3.8, 4) is 0 Å². The summed E-state index contributed by atoms with van der Waals surface area (Å²) in [4.78, 5) is 72.4. The maximum Gasteiger partial charge on any atom is 0.472 e. The van der Waals surface area contributed by atoms with Crippen LogP contribution in [-0.2, 0) is 65.4 Å². The van der Waals surface area contributed by atoms with Crippen LogP contribution in [0.5, 0.6) is 0 Å². The molecule has 0 aliphatic rings. The Kier molecular flexibility index (Phi) is 58.0. The molecule has 7 atom stereocenters. The van der Waals surface area contributed by atoms with Gasteiger partial charge in [-0.05, 0) is 37.5 Å². The van der Waals surface area contributed by atoms with Crippen LogP contribution in [0.2, 0.25) is 0 Å². The molecule has 0 spiro atoms. The molecule has 3 N–H and O–H groups in total. The van der Waals surface area contributed by atoms with Gasteiger partial charge in [0.1, 0.15) is 19.3 Å². The summed E-state index contributed by atoms with van der Waals surface area (Å²) in [5.41, 5.74) is 0. The first-order valence-electron chi connectivity index (χ1n) is 35.1. The van der Waals surface area contributed by atoms with E-state index in [1.54, 1.807) is 0 Å². The number of hydrogen-bond acceptors (Lipinski definition) is 15. The van der Waals surface area contributed by atoms with Crippen LogP contribution >= 0.6 is 15.6 Å². The summed E-state index contributed by atoms with van der Waals surface area (Å²) in [6.07, 6.45) is 42.8. The number of esters is 4. The van der Waals surface area contributed by atoms with Crippen molar-refractivity contribution in [2.24, 2.45) is 11.8 Å². The molecule has 0 saturated carbocycles. The molecule has 0 saturated heterocycles. The maximum absolute atomic E-state index is 13.0. The quantitative estimate of drug-likeness (QED) is 0.0222. The van der Waals surface area contributed by atoms with Crippen LogP contribution in [0.3, 0.4) is 0 Å². The summed E-state index contributed by atoms with van der Waals surface area (Å²) in [5.74, 6) is -0.582. The molecule has 0 aromatic carbocycles. The number of unbranched alkanes of at least 4 members (excludes halogenated alkanes) is 34. The SMILES string of the molecule is CCCCCCCCCCCCCC(=O)OC[C@H](COP(=O)(O)OC[C@H](O)COP(=O)(O)OC[C@@H](COC(=O)CCCCCCCCCCC(C)CC)OC(=O)CCCCCCCCCCC(C)CC)OC(=O)CCCCCCCCCCCCC. The van der Waals surface area contributed by atoms with Gasteiger partial charge in [-0.2, -0.15) is 0 Å². The van der Waals surface area contributed by atoms with Crippen LogP contribution in [0.4, 0.5) is 0 Å². The zero-order chi connectivity index (χ0) is 63.6. The Labute approximate surface area is 524 Å². The Morgan fingerprint density at radius 1 is 0.326 bits per heavy atom. The Hall–Kier alpha value is -1.94. The number of hydrogen-bond donors (Lipinski definition) is 3. The van der Waals surface area contributed by atoms with E-state index in [1.165, 1.54) is 154 Å². The predicted molar refractivity (Wildman–Crippen MR) is 345 cm³/mol. The van der Waals surface area contributed by atoms with Crippen molar-refractivity contribution in [1.82, 2.24) is 0 Å². The second-order valence-corrected chi connectivity index (χ2v) is 27.6. The third kappa shape index (κ3) is 58.4. The van der Waals surface area contributed by atoms with E-state index in [0.29, 0.717) is 25.7 Å². The summed E-state index contributed by atoms with van der Waals surface area (Å²) in [6, 6.07) is 0. The van der Waals surface area contributed by atoms with E-state index in [9.17, 15) is 43.2 Å². The number of ether oxygens (including phenoxy) is 4. The van der Waals surface area contributed by atoms with Crippen molar-refractivity contribution >= 4 is 39.5 Å². The van der Waals surface area contributed by atoms with Crippen LogP contribution in [0.25, 0.3) is 0 Å². The minimum absolute atomic E-state index is 0.105. The van der Waals surface area contributed by atoms with E-state index < -0.39 is 97.5 Å². The molecule has 0 radical (unpaired) electrons. The zero-order valence-corrected chi connectivity index (χ0v) is 57.4. The zero-order valence-electron chi connectivity index (χ0n) is 55.6.